The second kappa shape index (κ2) is 9.56. The number of unbranched alkanes of at least 4 members (excludes halogenated alkanes) is 5. The fraction of sp³-hybridized carbons (Fsp3) is 0.533. The molecule has 20 heavy (non-hydrogen) atoms. The molecule has 0 spiro atoms. The Hall–Kier alpha value is -1.33. The number of hydrogen-bond donors (Lipinski definition) is 2. The van der Waals surface area contributed by atoms with Gasteiger partial charge in [-0.3, -0.25) is 4.79 Å². The molecule has 0 fully saturated rings. The first-order valence-corrected chi connectivity index (χ1v) is 7.27. The number of aldehydes is 1. The number of rotatable bonds is 10. The van der Waals surface area contributed by atoms with Gasteiger partial charge in [-0.05, 0) is 24.0 Å². The highest BCUT2D eigenvalue weighted by atomic mass is 16.5. The van der Waals surface area contributed by atoms with E-state index >= 15 is 0 Å². The highest BCUT2D eigenvalue weighted by molar-refractivity contribution is 6.60. The van der Waals surface area contributed by atoms with Crippen LogP contribution in [0.1, 0.15) is 55.8 Å². The summed E-state index contributed by atoms with van der Waals surface area (Å²) in [6.07, 6.45) is 7.77. The Morgan fingerprint density at radius 1 is 1.15 bits per heavy atom. The largest absolute Gasteiger partial charge is 0.494 e. The van der Waals surface area contributed by atoms with Crippen LogP contribution in [0.15, 0.2) is 18.2 Å². The van der Waals surface area contributed by atoms with Crippen LogP contribution in [0.5, 0.6) is 5.75 Å². The summed E-state index contributed by atoms with van der Waals surface area (Å²) in [6, 6.07) is 4.70. The molecule has 2 N–H and O–H groups in total. The van der Waals surface area contributed by atoms with Crippen molar-refractivity contribution in [1.82, 2.24) is 0 Å². The molecule has 110 valence electrons. The van der Waals surface area contributed by atoms with Gasteiger partial charge in [-0.1, -0.05) is 45.1 Å². The lowest BCUT2D eigenvalue weighted by molar-refractivity contribution is 0.112. The minimum absolute atomic E-state index is 0.201. The Morgan fingerprint density at radius 3 is 2.50 bits per heavy atom. The maximum Gasteiger partial charge on any atom is 0.489 e. The van der Waals surface area contributed by atoms with Crippen LogP contribution in [0, 0.1) is 0 Å². The lowest BCUT2D eigenvalue weighted by Gasteiger charge is -2.09. The Morgan fingerprint density at radius 2 is 1.85 bits per heavy atom. The van der Waals surface area contributed by atoms with Crippen molar-refractivity contribution in [3.63, 3.8) is 0 Å². The monoisotopic (exact) mass is 278 g/mol. The van der Waals surface area contributed by atoms with Gasteiger partial charge < -0.3 is 14.8 Å². The smallest absolute Gasteiger partial charge is 0.489 e. The summed E-state index contributed by atoms with van der Waals surface area (Å²) in [4.78, 5) is 10.9. The fourth-order valence-corrected chi connectivity index (χ4v) is 2.05. The van der Waals surface area contributed by atoms with E-state index in [0.29, 0.717) is 18.6 Å². The lowest BCUT2D eigenvalue weighted by Crippen LogP contribution is -2.32. The van der Waals surface area contributed by atoms with Crippen molar-refractivity contribution >= 4 is 18.9 Å². The van der Waals surface area contributed by atoms with Gasteiger partial charge in [0.15, 0.2) is 0 Å². The van der Waals surface area contributed by atoms with Crippen LogP contribution < -0.4 is 10.2 Å². The minimum Gasteiger partial charge on any atom is -0.494 e. The average molecular weight is 278 g/mol. The van der Waals surface area contributed by atoms with Crippen LogP contribution in [0.4, 0.5) is 0 Å². The van der Waals surface area contributed by atoms with Crippen molar-refractivity contribution < 1.29 is 19.6 Å². The first-order valence-electron chi connectivity index (χ1n) is 7.27. The van der Waals surface area contributed by atoms with Gasteiger partial charge in [-0.15, -0.1) is 0 Å². The zero-order valence-electron chi connectivity index (χ0n) is 12.0. The average Bonchev–Trinajstić information content (AvgIpc) is 2.45. The van der Waals surface area contributed by atoms with Crippen molar-refractivity contribution in [2.75, 3.05) is 6.61 Å². The first-order chi connectivity index (χ1) is 9.69. The van der Waals surface area contributed by atoms with Crippen LogP contribution in [-0.4, -0.2) is 30.1 Å². The standard InChI is InChI=1S/C15H23BO4/c1-2-3-4-5-6-7-10-20-14-8-9-15(16(18)19)13(11-14)12-17/h8-9,11-12,18-19H,2-7,10H2,1H3. The predicted octanol–water partition coefficient (Wildman–Crippen LogP) is 1.92. The first kappa shape index (κ1) is 16.7. The molecule has 5 heteroatoms. The maximum absolute atomic E-state index is 10.9. The SMILES string of the molecule is CCCCCCCCOc1ccc(B(O)O)c(C=O)c1. The van der Waals surface area contributed by atoms with Gasteiger partial charge in [-0.2, -0.15) is 0 Å². The molecular weight excluding hydrogens is 255 g/mol. The van der Waals surface area contributed by atoms with Gasteiger partial charge in [0, 0.05) is 5.56 Å². The summed E-state index contributed by atoms with van der Waals surface area (Å²) in [6.45, 7) is 2.81. The Kier molecular flexibility index (Phi) is 8.00. The molecule has 0 saturated heterocycles. The zero-order chi connectivity index (χ0) is 14.8. The lowest BCUT2D eigenvalue weighted by atomic mass is 9.77. The van der Waals surface area contributed by atoms with Crippen LogP contribution in [0.25, 0.3) is 0 Å². The van der Waals surface area contributed by atoms with Crippen molar-refractivity contribution in [2.45, 2.75) is 45.4 Å². The number of benzene rings is 1. The molecule has 0 aliphatic rings. The molecule has 0 heterocycles. The van der Waals surface area contributed by atoms with Gasteiger partial charge in [-0.25, -0.2) is 0 Å². The summed E-state index contributed by atoms with van der Waals surface area (Å²) >= 11 is 0. The van der Waals surface area contributed by atoms with E-state index in [4.69, 9.17) is 14.8 Å². The summed E-state index contributed by atoms with van der Waals surface area (Å²) < 4.78 is 5.57. The van der Waals surface area contributed by atoms with Gasteiger partial charge in [0.2, 0.25) is 0 Å². The Balaban J connectivity index is 2.35. The fourth-order valence-electron chi connectivity index (χ4n) is 2.05. The van der Waals surface area contributed by atoms with Crippen LogP contribution >= 0.6 is 0 Å². The molecule has 1 aromatic rings. The molecule has 4 nitrogen and oxygen atoms in total. The normalized spacial score (nSPS) is 10.3. The highest BCUT2D eigenvalue weighted by Gasteiger charge is 2.16. The summed E-state index contributed by atoms with van der Waals surface area (Å²) in [5.41, 5.74) is 0.451. The highest BCUT2D eigenvalue weighted by Crippen LogP contribution is 2.12. The molecule has 0 amide bonds. The van der Waals surface area contributed by atoms with Crippen LogP contribution in [0.3, 0.4) is 0 Å². The van der Waals surface area contributed by atoms with Gasteiger partial charge in [0.1, 0.15) is 12.0 Å². The third-order valence-corrected chi connectivity index (χ3v) is 3.23. The third-order valence-electron chi connectivity index (χ3n) is 3.23. The molecule has 0 saturated carbocycles. The van der Waals surface area contributed by atoms with E-state index in [9.17, 15) is 4.79 Å². The molecule has 0 bridgehead atoms. The molecule has 1 aromatic carbocycles. The molecule has 0 atom stereocenters. The van der Waals surface area contributed by atoms with E-state index in [1.54, 1.807) is 12.1 Å². The summed E-state index contributed by atoms with van der Waals surface area (Å²) in [5, 5.41) is 18.2. The van der Waals surface area contributed by atoms with E-state index < -0.39 is 7.12 Å². The topological polar surface area (TPSA) is 66.8 Å². The van der Waals surface area contributed by atoms with Gasteiger partial charge in [0.05, 0.1) is 6.61 Å². The van der Waals surface area contributed by atoms with Crippen molar-refractivity contribution in [3.05, 3.63) is 23.8 Å². The second-order valence-corrected chi connectivity index (χ2v) is 4.90. The van der Waals surface area contributed by atoms with E-state index in [1.807, 2.05) is 0 Å². The molecule has 0 aromatic heterocycles. The van der Waals surface area contributed by atoms with E-state index in [1.165, 1.54) is 31.7 Å². The summed E-state index contributed by atoms with van der Waals surface area (Å²) in [5.74, 6) is 0.588. The van der Waals surface area contributed by atoms with E-state index in [-0.39, 0.29) is 11.0 Å². The Labute approximate surface area is 120 Å². The van der Waals surface area contributed by atoms with Crippen LogP contribution in [0.2, 0.25) is 0 Å². The number of carbonyl (C=O) groups is 1. The van der Waals surface area contributed by atoms with E-state index in [2.05, 4.69) is 6.92 Å². The zero-order valence-corrected chi connectivity index (χ0v) is 12.0. The molecule has 1 rings (SSSR count). The van der Waals surface area contributed by atoms with Gasteiger partial charge in [0.25, 0.3) is 0 Å². The second-order valence-electron chi connectivity index (χ2n) is 4.90. The third kappa shape index (κ3) is 5.76. The molecular formula is C15H23BO4. The number of carbonyl (C=O) groups excluding carboxylic acids is 1. The molecule has 0 aliphatic carbocycles. The quantitative estimate of drug-likeness (QED) is 0.390. The van der Waals surface area contributed by atoms with Crippen LogP contribution in [-0.2, 0) is 0 Å². The molecule has 0 unspecified atom stereocenters. The van der Waals surface area contributed by atoms with Crippen molar-refractivity contribution in [1.29, 1.82) is 0 Å². The predicted molar refractivity (Wildman–Crippen MR) is 80.5 cm³/mol. The number of hydrogen-bond acceptors (Lipinski definition) is 4. The maximum atomic E-state index is 10.9. The minimum atomic E-state index is -1.64. The molecule has 0 aliphatic heterocycles. The van der Waals surface area contributed by atoms with Crippen molar-refractivity contribution in [3.8, 4) is 5.75 Å². The Bertz CT molecular complexity index is 407. The van der Waals surface area contributed by atoms with Crippen molar-refractivity contribution in [2.24, 2.45) is 0 Å². The van der Waals surface area contributed by atoms with Gasteiger partial charge >= 0.3 is 7.12 Å². The summed E-state index contributed by atoms with van der Waals surface area (Å²) in [7, 11) is -1.64. The van der Waals surface area contributed by atoms with E-state index in [0.717, 1.165) is 12.8 Å². The molecule has 0 radical (unpaired) electrons. The number of ether oxygens (including phenoxy) is 1.